The van der Waals surface area contributed by atoms with Crippen molar-refractivity contribution in [3.63, 3.8) is 0 Å². The van der Waals surface area contributed by atoms with Crippen LogP contribution in [0.1, 0.15) is 106 Å². The molecule has 3 aliphatic carbocycles. The Balaban J connectivity index is 0.978. The smallest absolute Gasteiger partial charge is 0.227 e. The van der Waals surface area contributed by atoms with E-state index in [2.05, 4.69) is 37.5 Å². The van der Waals surface area contributed by atoms with Gasteiger partial charge in [0.05, 0.1) is 6.10 Å². The van der Waals surface area contributed by atoms with Crippen molar-refractivity contribution in [1.29, 1.82) is 0 Å². The Morgan fingerprint density at radius 1 is 1.21 bits per heavy atom. The summed E-state index contributed by atoms with van der Waals surface area (Å²) in [4.78, 5) is 23.6. The fourth-order valence-corrected chi connectivity index (χ4v) is 9.51. The molecule has 250 valence electrons. The van der Waals surface area contributed by atoms with Gasteiger partial charge in [0.2, 0.25) is 6.73 Å². The standard InChI is InChI=1S/C40H46N4O4/c1-2-3-4-7-25(45)19-26(46)13-11-24-12-16-35(47)36(18-24)48-23-44-21-29-32(20-42-34(29)22-44)40-17-6-10-30(40)27-14-15-33-38(27)37-28(39(41)43-33)8-5-9-31(37)40/h5,8-9,12,16,18,20,22,25,30,39,45,47H,2-4,6-7,10-11,13-15,17,19,21,23,41H2,1H3/p+1/t25-,30-,39+,40+/m1/s1. The monoisotopic (exact) mass is 647 g/mol. The van der Waals surface area contributed by atoms with Gasteiger partial charge in [0.15, 0.2) is 11.5 Å². The molecule has 2 aromatic carbocycles. The summed E-state index contributed by atoms with van der Waals surface area (Å²) < 4.78 is 6.21. The van der Waals surface area contributed by atoms with Crippen molar-refractivity contribution >= 4 is 23.3 Å². The quantitative estimate of drug-likeness (QED) is 0.217. The van der Waals surface area contributed by atoms with Crippen LogP contribution in [0.3, 0.4) is 0 Å². The van der Waals surface area contributed by atoms with Crippen molar-refractivity contribution < 1.29 is 24.6 Å². The number of fused-ring (bicyclic) bond motifs is 4. The lowest BCUT2D eigenvalue weighted by molar-refractivity contribution is -0.855. The van der Waals surface area contributed by atoms with Gasteiger partial charge in [0.25, 0.3) is 0 Å². The molecule has 2 aromatic rings. The van der Waals surface area contributed by atoms with Gasteiger partial charge >= 0.3 is 0 Å². The summed E-state index contributed by atoms with van der Waals surface area (Å²) in [6.45, 7) is 3.27. The van der Waals surface area contributed by atoms with Gasteiger partial charge in [-0.2, -0.15) is 0 Å². The zero-order chi connectivity index (χ0) is 33.0. The molecule has 5 atom stereocenters. The van der Waals surface area contributed by atoms with E-state index >= 15 is 0 Å². The number of aromatic hydroxyl groups is 1. The van der Waals surface area contributed by atoms with Crippen molar-refractivity contribution in [3.05, 3.63) is 87.3 Å². The normalized spacial score (nSPS) is 26.8. The molecule has 8 heteroatoms. The zero-order valence-corrected chi connectivity index (χ0v) is 27.9. The number of carbonyl (C=O) groups excluding carboxylic acids is 1. The molecule has 5 N–H and O–H groups in total. The minimum Gasteiger partial charge on any atom is -0.504 e. The molecule has 8 nitrogen and oxygen atoms in total. The summed E-state index contributed by atoms with van der Waals surface area (Å²) in [5.41, 5.74) is 19.3. The maximum atomic E-state index is 12.5. The maximum Gasteiger partial charge on any atom is 0.227 e. The van der Waals surface area contributed by atoms with Crippen LogP contribution in [0.2, 0.25) is 0 Å². The van der Waals surface area contributed by atoms with E-state index < -0.39 is 6.10 Å². The number of nitrogens with one attached hydrogen (secondary N) is 1. The van der Waals surface area contributed by atoms with Crippen LogP contribution in [-0.4, -0.2) is 47.3 Å². The first-order valence-electron chi connectivity index (χ1n) is 18.1. The molecule has 0 spiro atoms. The van der Waals surface area contributed by atoms with E-state index in [0.717, 1.165) is 66.8 Å². The second kappa shape index (κ2) is 12.6. The third-order valence-corrected chi connectivity index (χ3v) is 11.7. The van der Waals surface area contributed by atoms with Gasteiger partial charge in [-0.3, -0.25) is 19.7 Å². The Labute approximate surface area is 282 Å². The molecular formula is C40H47N4O4+. The molecule has 1 fully saturated rings. The van der Waals surface area contributed by atoms with Crippen LogP contribution in [-0.2, 0) is 16.6 Å². The van der Waals surface area contributed by atoms with Crippen molar-refractivity contribution in [3.8, 4) is 11.5 Å². The lowest BCUT2D eigenvalue weighted by Crippen LogP contribution is -3.07. The Bertz CT molecular complexity index is 1820. The fourth-order valence-electron chi connectivity index (χ4n) is 9.51. The number of phenols is 1. The molecule has 48 heavy (non-hydrogen) atoms. The average molecular weight is 648 g/mol. The van der Waals surface area contributed by atoms with Crippen LogP contribution >= 0.6 is 0 Å². The van der Waals surface area contributed by atoms with Crippen LogP contribution in [0.15, 0.2) is 75.0 Å². The predicted octanol–water partition coefficient (Wildman–Crippen LogP) is 5.39. The molecule has 0 bridgehead atoms. The number of benzene rings is 2. The number of ketones is 1. The molecule has 0 radical (unpaired) electrons. The molecule has 3 heterocycles. The molecule has 0 aromatic heterocycles. The van der Waals surface area contributed by atoms with Crippen LogP contribution in [0.4, 0.5) is 0 Å². The van der Waals surface area contributed by atoms with Gasteiger partial charge in [-0.15, -0.1) is 0 Å². The second-order valence-electron chi connectivity index (χ2n) is 14.6. The molecule has 0 saturated heterocycles. The van der Waals surface area contributed by atoms with Gasteiger partial charge in [0, 0.05) is 41.3 Å². The van der Waals surface area contributed by atoms with Gasteiger partial charge in [0.1, 0.15) is 30.4 Å². The summed E-state index contributed by atoms with van der Waals surface area (Å²) in [7, 11) is 0. The lowest BCUT2D eigenvalue weighted by Gasteiger charge is -2.45. The molecule has 8 rings (SSSR count). The molecule has 3 aliphatic heterocycles. The highest BCUT2D eigenvalue weighted by atomic mass is 16.5. The van der Waals surface area contributed by atoms with Crippen LogP contribution in [0, 0.1) is 5.92 Å². The second-order valence-corrected chi connectivity index (χ2v) is 14.6. The highest BCUT2D eigenvalue weighted by Gasteiger charge is 2.56. The maximum absolute atomic E-state index is 12.5. The summed E-state index contributed by atoms with van der Waals surface area (Å²) in [5.74, 6) is 1.04. The molecular weight excluding hydrogens is 600 g/mol. The summed E-state index contributed by atoms with van der Waals surface area (Å²) in [5, 5.41) is 20.8. The number of nitrogens with zero attached hydrogens (tertiary/aromatic N) is 2. The fraction of sp³-hybridized carbons (Fsp3) is 0.475. The van der Waals surface area contributed by atoms with Gasteiger partial charge in [-0.1, -0.05) is 62.4 Å². The van der Waals surface area contributed by atoms with E-state index in [0.29, 0.717) is 37.7 Å². The number of carbonyl (C=O) groups is 1. The lowest BCUT2D eigenvalue weighted by atomic mass is 9.58. The number of ether oxygens (including phenoxy) is 1. The van der Waals surface area contributed by atoms with Crippen molar-refractivity contribution in [2.24, 2.45) is 21.6 Å². The van der Waals surface area contributed by atoms with E-state index in [1.54, 1.807) is 11.6 Å². The first-order chi connectivity index (χ1) is 23.4. The highest BCUT2D eigenvalue weighted by molar-refractivity contribution is 6.29. The number of phenolic OH excluding ortho intramolecular Hbond substituents is 1. The Hall–Kier alpha value is -3.85. The number of aliphatic hydroxyl groups is 1. The topological polar surface area (TPSA) is 122 Å². The van der Waals surface area contributed by atoms with Crippen molar-refractivity contribution in [2.45, 2.75) is 102 Å². The van der Waals surface area contributed by atoms with Crippen molar-refractivity contribution in [1.82, 2.24) is 0 Å². The van der Waals surface area contributed by atoms with E-state index in [-0.39, 0.29) is 29.5 Å². The van der Waals surface area contributed by atoms with E-state index in [9.17, 15) is 15.0 Å². The number of hydrogen-bond donors (Lipinski definition) is 4. The van der Waals surface area contributed by atoms with Crippen molar-refractivity contribution in [2.75, 3.05) is 13.3 Å². The number of allylic oxidation sites excluding steroid dienone is 3. The number of unbranched alkanes of at least 4 members (excludes halogenated alkanes) is 2. The summed E-state index contributed by atoms with van der Waals surface area (Å²) >= 11 is 0. The highest BCUT2D eigenvalue weighted by Crippen LogP contribution is 2.63. The summed E-state index contributed by atoms with van der Waals surface area (Å²) in [6.07, 6.45) is 13.9. The number of aryl methyl sites for hydroxylation is 1. The Morgan fingerprint density at radius 3 is 2.98 bits per heavy atom. The van der Waals surface area contributed by atoms with E-state index in [1.807, 2.05) is 12.1 Å². The first kappa shape index (κ1) is 31.4. The Morgan fingerprint density at radius 2 is 2.10 bits per heavy atom. The molecule has 1 saturated carbocycles. The number of aliphatic imine (C=N–C) groups is 2. The first-order valence-corrected chi connectivity index (χ1v) is 18.1. The largest absolute Gasteiger partial charge is 0.504 e. The van der Waals surface area contributed by atoms with Gasteiger partial charge in [-0.05, 0) is 84.4 Å². The van der Waals surface area contributed by atoms with Gasteiger partial charge in [-0.25, -0.2) is 0 Å². The average Bonchev–Trinajstić information content (AvgIpc) is 3.87. The number of quaternary nitrogens is 1. The zero-order valence-electron chi connectivity index (χ0n) is 27.9. The minimum absolute atomic E-state index is 0.0636. The van der Waals surface area contributed by atoms with Crippen LogP contribution in [0.25, 0.3) is 5.57 Å². The minimum atomic E-state index is -0.562. The third kappa shape index (κ3) is 5.20. The predicted molar refractivity (Wildman–Crippen MR) is 187 cm³/mol. The Kier molecular flexibility index (Phi) is 8.22. The number of Topliss-reactive ketones (excluding diaryl/α,β-unsaturated/α-hetero) is 1. The number of aliphatic hydroxyl groups excluding tert-OH is 1. The number of hydrogen-bond acceptors (Lipinski definition) is 7. The van der Waals surface area contributed by atoms with Crippen LogP contribution < -0.4 is 15.4 Å². The SMILES string of the molecule is CCCCC[C@@H](O)CC(=O)CCc1ccc(O)c(OC[NH+]2C=C3N=CC([C@@]45CCC[C@@H]4C4=C6C(=N[C@H](N)c7cccc5c76)CC4)=C3C2)c1. The third-order valence-electron chi connectivity index (χ3n) is 11.7. The number of nitrogens with two attached hydrogens (primary N) is 1. The van der Waals surface area contributed by atoms with Gasteiger partial charge < -0.3 is 20.7 Å². The molecule has 0 amide bonds. The number of rotatable bonds is 13. The molecule has 1 unspecified atom stereocenters. The van der Waals surface area contributed by atoms with E-state index in [4.69, 9.17) is 20.5 Å². The summed E-state index contributed by atoms with van der Waals surface area (Å²) in [6, 6.07) is 12.0. The van der Waals surface area contributed by atoms with E-state index in [1.165, 1.54) is 46.4 Å². The van der Waals surface area contributed by atoms with Crippen LogP contribution in [0.5, 0.6) is 11.5 Å². The molecule has 6 aliphatic rings.